The van der Waals surface area contributed by atoms with Crippen molar-refractivity contribution < 1.29 is 9.90 Å². The van der Waals surface area contributed by atoms with Gasteiger partial charge in [-0.2, -0.15) is 0 Å². The first-order valence-electron chi connectivity index (χ1n) is 6.05. The van der Waals surface area contributed by atoms with Gasteiger partial charge in [0.15, 0.2) is 0 Å². The molecule has 0 radical (unpaired) electrons. The van der Waals surface area contributed by atoms with Gasteiger partial charge in [0.05, 0.1) is 5.41 Å². The van der Waals surface area contributed by atoms with Gasteiger partial charge in [-0.3, -0.25) is 4.79 Å². The minimum Gasteiger partial charge on any atom is -0.481 e. The summed E-state index contributed by atoms with van der Waals surface area (Å²) in [7, 11) is 0. The monoisotopic (exact) mass is 211 g/mol. The summed E-state index contributed by atoms with van der Waals surface area (Å²) in [4.78, 5) is 11.6. The molecule has 0 atom stereocenters. The van der Waals surface area contributed by atoms with E-state index in [1.165, 1.54) is 12.8 Å². The third kappa shape index (κ3) is 1.57. The Hall–Kier alpha value is -0.570. The zero-order chi connectivity index (χ0) is 10.9. The van der Waals surface area contributed by atoms with E-state index in [9.17, 15) is 9.90 Å². The second-order valence-corrected chi connectivity index (χ2v) is 5.41. The van der Waals surface area contributed by atoms with E-state index in [2.05, 4.69) is 12.2 Å². The highest BCUT2D eigenvalue weighted by Crippen LogP contribution is 2.55. The van der Waals surface area contributed by atoms with Crippen LogP contribution in [0.2, 0.25) is 0 Å². The van der Waals surface area contributed by atoms with Gasteiger partial charge in [-0.15, -0.1) is 0 Å². The van der Waals surface area contributed by atoms with Crippen molar-refractivity contribution in [3.05, 3.63) is 0 Å². The number of carbonyl (C=O) groups is 1. The lowest BCUT2D eigenvalue weighted by Crippen LogP contribution is -2.51. The molecule has 0 aromatic carbocycles. The Labute approximate surface area is 91.2 Å². The van der Waals surface area contributed by atoms with E-state index in [0.717, 1.165) is 38.8 Å². The van der Waals surface area contributed by atoms with Crippen LogP contribution in [0.4, 0.5) is 0 Å². The Morgan fingerprint density at radius 1 is 1.13 bits per heavy atom. The van der Waals surface area contributed by atoms with Crippen LogP contribution < -0.4 is 5.32 Å². The number of carboxylic acids is 1. The maximum Gasteiger partial charge on any atom is 0.310 e. The largest absolute Gasteiger partial charge is 0.481 e. The summed E-state index contributed by atoms with van der Waals surface area (Å²) in [6, 6.07) is 0. The molecular weight excluding hydrogens is 190 g/mol. The normalized spacial score (nSPS) is 28.9. The number of hydrogen-bond acceptors (Lipinski definition) is 2. The molecule has 0 unspecified atom stereocenters. The number of carboxylic acid groups (broad SMARTS) is 1. The minimum absolute atomic E-state index is 0.0426. The molecule has 0 bridgehead atoms. The first-order chi connectivity index (χ1) is 7.11. The second-order valence-electron chi connectivity index (χ2n) is 5.41. The Morgan fingerprint density at radius 3 is 2.13 bits per heavy atom. The van der Waals surface area contributed by atoms with Crippen LogP contribution in [-0.2, 0) is 4.79 Å². The van der Waals surface area contributed by atoms with E-state index in [0.29, 0.717) is 0 Å². The predicted octanol–water partition coefficient (Wildman–Crippen LogP) is 2.02. The molecule has 0 spiro atoms. The first kappa shape index (κ1) is 10.9. The SMILES string of the molecule is CC1(C2(C(=O)O)CCNCC2)CCCC1. The van der Waals surface area contributed by atoms with Crippen LogP contribution in [0.3, 0.4) is 0 Å². The van der Waals surface area contributed by atoms with E-state index in [1.54, 1.807) is 0 Å². The molecule has 15 heavy (non-hydrogen) atoms. The van der Waals surface area contributed by atoms with Gasteiger partial charge in [0.25, 0.3) is 0 Å². The zero-order valence-corrected chi connectivity index (χ0v) is 9.51. The Kier molecular flexibility index (Phi) is 2.75. The van der Waals surface area contributed by atoms with Crippen molar-refractivity contribution in [2.24, 2.45) is 10.8 Å². The molecule has 0 aromatic heterocycles. The van der Waals surface area contributed by atoms with Crippen LogP contribution in [0.15, 0.2) is 0 Å². The summed E-state index contributed by atoms with van der Waals surface area (Å²) in [6.07, 6.45) is 6.22. The van der Waals surface area contributed by atoms with Crippen molar-refractivity contribution in [1.29, 1.82) is 0 Å². The molecular formula is C12H21NO2. The van der Waals surface area contributed by atoms with E-state index >= 15 is 0 Å². The highest BCUT2D eigenvalue weighted by molar-refractivity contribution is 5.76. The van der Waals surface area contributed by atoms with Crippen molar-refractivity contribution in [1.82, 2.24) is 5.32 Å². The highest BCUT2D eigenvalue weighted by atomic mass is 16.4. The van der Waals surface area contributed by atoms with E-state index in [-0.39, 0.29) is 5.41 Å². The molecule has 2 N–H and O–H groups in total. The Morgan fingerprint density at radius 2 is 1.67 bits per heavy atom. The summed E-state index contributed by atoms with van der Waals surface area (Å²) < 4.78 is 0. The topological polar surface area (TPSA) is 49.3 Å². The number of piperidine rings is 1. The molecule has 1 aliphatic carbocycles. The number of hydrogen-bond donors (Lipinski definition) is 2. The van der Waals surface area contributed by atoms with E-state index < -0.39 is 11.4 Å². The maximum atomic E-state index is 11.6. The van der Waals surface area contributed by atoms with Gasteiger partial charge in [0, 0.05) is 0 Å². The summed E-state index contributed by atoms with van der Waals surface area (Å²) in [6.45, 7) is 3.92. The zero-order valence-electron chi connectivity index (χ0n) is 9.51. The molecule has 0 aromatic rings. The number of rotatable bonds is 2. The molecule has 86 valence electrons. The highest BCUT2D eigenvalue weighted by Gasteiger charge is 2.54. The first-order valence-corrected chi connectivity index (χ1v) is 6.05. The maximum absolute atomic E-state index is 11.6. The van der Waals surface area contributed by atoms with Gasteiger partial charge in [-0.05, 0) is 44.2 Å². The average Bonchev–Trinajstić information content (AvgIpc) is 2.67. The van der Waals surface area contributed by atoms with Crippen LogP contribution in [0.1, 0.15) is 45.4 Å². The van der Waals surface area contributed by atoms with Crippen LogP contribution in [0, 0.1) is 10.8 Å². The fourth-order valence-electron chi connectivity index (χ4n) is 3.56. The molecule has 3 heteroatoms. The van der Waals surface area contributed by atoms with Gasteiger partial charge >= 0.3 is 5.97 Å². The van der Waals surface area contributed by atoms with Gasteiger partial charge in [0.1, 0.15) is 0 Å². The Bertz CT molecular complexity index is 250. The summed E-state index contributed by atoms with van der Waals surface area (Å²) in [5.41, 5.74) is -0.407. The average molecular weight is 211 g/mol. The molecule has 2 aliphatic rings. The lowest BCUT2D eigenvalue weighted by Gasteiger charge is -2.46. The molecule has 2 rings (SSSR count). The third-order valence-corrected chi connectivity index (χ3v) is 4.73. The lowest BCUT2D eigenvalue weighted by atomic mass is 9.59. The summed E-state index contributed by atoms with van der Waals surface area (Å²) in [5, 5.41) is 12.9. The van der Waals surface area contributed by atoms with Gasteiger partial charge < -0.3 is 10.4 Å². The number of nitrogens with one attached hydrogen (secondary N) is 1. The fourth-order valence-corrected chi connectivity index (χ4v) is 3.56. The third-order valence-electron chi connectivity index (χ3n) is 4.73. The summed E-state index contributed by atoms with van der Waals surface area (Å²) in [5.74, 6) is -0.562. The molecule has 1 saturated heterocycles. The van der Waals surface area contributed by atoms with Gasteiger partial charge in [-0.1, -0.05) is 19.8 Å². The standard InChI is InChI=1S/C12H21NO2/c1-11(4-2-3-5-11)12(10(14)15)6-8-13-9-7-12/h13H,2-9H2,1H3,(H,14,15). The van der Waals surface area contributed by atoms with Crippen LogP contribution >= 0.6 is 0 Å². The number of aliphatic carboxylic acids is 1. The van der Waals surface area contributed by atoms with E-state index in [1.807, 2.05) is 0 Å². The molecule has 1 heterocycles. The molecule has 1 saturated carbocycles. The van der Waals surface area contributed by atoms with Gasteiger partial charge in [-0.25, -0.2) is 0 Å². The molecule has 1 aliphatic heterocycles. The van der Waals surface area contributed by atoms with Crippen molar-refractivity contribution in [3.63, 3.8) is 0 Å². The lowest BCUT2D eigenvalue weighted by molar-refractivity contribution is -0.160. The fraction of sp³-hybridized carbons (Fsp3) is 0.917. The molecule has 0 amide bonds. The predicted molar refractivity (Wildman–Crippen MR) is 58.7 cm³/mol. The quantitative estimate of drug-likeness (QED) is 0.734. The van der Waals surface area contributed by atoms with Crippen molar-refractivity contribution in [2.45, 2.75) is 45.4 Å². The minimum atomic E-state index is -0.562. The van der Waals surface area contributed by atoms with Crippen molar-refractivity contribution in [3.8, 4) is 0 Å². The van der Waals surface area contributed by atoms with Crippen LogP contribution in [-0.4, -0.2) is 24.2 Å². The van der Waals surface area contributed by atoms with Crippen LogP contribution in [0.25, 0.3) is 0 Å². The van der Waals surface area contributed by atoms with Gasteiger partial charge in [0.2, 0.25) is 0 Å². The second kappa shape index (κ2) is 3.78. The Balaban J connectivity index is 2.28. The summed E-state index contributed by atoms with van der Waals surface area (Å²) >= 11 is 0. The van der Waals surface area contributed by atoms with E-state index in [4.69, 9.17) is 0 Å². The van der Waals surface area contributed by atoms with Crippen molar-refractivity contribution in [2.75, 3.05) is 13.1 Å². The van der Waals surface area contributed by atoms with Crippen molar-refractivity contribution >= 4 is 5.97 Å². The molecule has 2 fully saturated rings. The van der Waals surface area contributed by atoms with Crippen LogP contribution in [0.5, 0.6) is 0 Å². The smallest absolute Gasteiger partial charge is 0.310 e. The molecule has 3 nitrogen and oxygen atoms in total.